The highest BCUT2D eigenvalue weighted by molar-refractivity contribution is 7.61. The maximum atomic E-state index is 12.3. The number of aliphatic hydroxyl groups excluding tert-OH is 6. The predicted molar refractivity (Wildman–Crippen MR) is 122 cm³/mol. The van der Waals surface area contributed by atoms with Crippen molar-refractivity contribution in [3.63, 3.8) is 0 Å². The number of imidazole rings is 1. The molecule has 0 bridgehead atoms. The van der Waals surface area contributed by atoms with Gasteiger partial charge in [-0.2, -0.15) is 4.31 Å². The van der Waals surface area contributed by atoms with Crippen molar-refractivity contribution in [1.82, 2.24) is 19.5 Å². The van der Waals surface area contributed by atoms with Gasteiger partial charge < -0.3 is 55.6 Å². The number of ether oxygens (including phenoxy) is 2. The highest BCUT2D eigenvalue weighted by Gasteiger charge is 2.48. The molecule has 220 valence electrons. The summed E-state index contributed by atoms with van der Waals surface area (Å²) in [7, 11) is -10.9. The largest absolute Gasteiger partial charge is 0.483 e. The third-order valence-electron chi connectivity index (χ3n) is 5.90. The van der Waals surface area contributed by atoms with Crippen LogP contribution >= 0.6 is 15.6 Å². The van der Waals surface area contributed by atoms with Crippen LogP contribution in [0.1, 0.15) is 12.6 Å². The Labute approximate surface area is 218 Å². The van der Waals surface area contributed by atoms with Crippen LogP contribution < -0.4 is 5.73 Å². The lowest BCUT2D eigenvalue weighted by molar-refractivity contribution is -0.250. The highest BCUT2D eigenvalue weighted by atomic mass is 31.3. The second-order valence-corrected chi connectivity index (χ2v) is 11.6. The van der Waals surface area contributed by atoms with Crippen LogP contribution in [0.15, 0.2) is 12.7 Å². The molecule has 2 saturated heterocycles. The first-order valence-electron chi connectivity index (χ1n) is 11.2. The molecule has 10 N–H and O–H groups in total. The van der Waals surface area contributed by atoms with Gasteiger partial charge in [0.05, 0.1) is 25.6 Å². The van der Waals surface area contributed by atoms with E-state index in [1.807, 2.05) is 0 Å². The Morgan fingerprint density at radius 1 is 1.08 bits per heavy atom. The lowest BCUT2D eigenvalue weighted by atomic mass is 9.98. The van der Waals surface area contributed by atoms with E-state index in [1.54, 1.807) is 0 Å². The van der Waals surface area contributed by atoms with E-state index in [0.717, 1.165) is 6.33 Å². The monoisotopic (exact) mass is 603 g/mol. The fraction of sp³-hybridized carbons (Fsp3) is 0.706. The summed E-state index contributed by atoms with van der Waals surface area (Å²) < 4.78 is 49.9. The van der Waals surface area contributed by atoms with Crippen molar-refractivity contribution in [2.24, 2.45) is 0 Å². The minimum Gasteiger partial charge on any atom is -0.394 e. The molecule has 2 aromatic rings. The molecule has 4 rings (SSSR count). The molecule has 39 heavy (non-hydrogen) atoms. The lowest BCUT2D eigenvalue weighted by Gasteiger charge is -2.38. The summed E-state index contributed by atoms with van der Waals surface area (Å²) in [4.78, 5) is 31.6. The van der Waals surface area contributed by atoms with Crippen LogP contribution in [-0.4, -0.2) is 122 Å². The summed E-state index contributed by atoms with van der Waals surface area (Å²) in [6.45, 7) is -1.81. The van der Waals surface area contributed by atoms with Gasteiger partial charge in [0.2, 0.25) is 0 Å². The molecule has 0 aromatic carbocycles. The molecule has 11 atom stereocenters. The number of phosphoric ester groups is 2. The fourth-order valence-corrected chi connectivity index (χ4v) is 6.15. The van der Waals surface area contributed by atoms with E-state index in [2.05, 4.69) is 28.3 Å². The fourth-order valence-electron chi connectivity index (χ4n) is 4.00. The number of aromatic nitrogens is 4. The van der Waals surface area contributed by atoms with Gasteiger partial charge in [0.15, 0.2) is 24.0 Å². The first-order chi connectivity index (χ1) is 18.2. The second-order valence-electron chi connectivity index (χ2n) is 8.62. The van der Waals surface area contributed by atoms with Crippen molar-refractivity contribution in [3.05, 3.63) is 12.7 Å². The number of nitrogen functional groups attached to an aromatic ring is 1. The Bertz CT molecular complexity index is 1250. The summed E-state index contributed by atoms with van der Waals surface area (Å²) in [5.41, 5.74) is 6.07. The highest BCUT2D eigenvalue weighted by Crippen LogP contribution is 2.61. The molecule has 3 unspecified atom stereocenters. The second kappa shape index (κ2) is 11.6. The van der Waals surface area contributed by atoms with E-state index in [-0.39, 0.29) is 17.0 Å². The van der Waals surface area contributed by atoms with Gasteiger partial charge in [0, 0.05) is 6.42 Å². The zero-order chi connectivity index (χ0) is 28.7. The average Bonchev–Trinajstić information content (AvgIpc) is 3.40. The van der Waals surface area contributed by atoms with Crippen molar-refractivity contribution in [3.8, 4) is 0 Å². The van der Waals surface area contributed by atoms with Crippen molar-refractivity contribution in [2.75, 3.05) is 18.9 Å². The number of aliphatic hydroxyl groups is 6. The molecular weight excluding hydrogens is 576 g/mol. The van der Waals surface area contributed by atoms with Gasteiger partial charge in [-0.3, -0.25) is 13.6 Å². The van der Waals surface area contributed by atoms with Crippen molar-refractivity contribution in [2.45, 2.75) is 61.7 Å². The number of hydrogen-bond acceptors (Lipinski definition) is 17. The van der Waals surface area contributed by atoms with E-state index in [9.17, 15) is 44.4 Å². The Balaban J connectivity index is 1.36. The van der Waals surface area contributed by atoms with E-state index >= 15 is 0 Å². The van der Waals surface area contributed by atoms with Crippen LogP contribution in [0.5, 0.6) is 0 Å². The Morgan fingerprint density at radius 2 is 1.79 bits per heavy atom. The number of fused-ring (bicyclic) bond motifs is 1. The number of anilines is 1. The molecule has 2 aliphatic heterocycles. The van der Waals surface area contributed by atoms with Crippen LogP contribution in [0.4, 0.5) is 5.82 Å². The van der Waals surface area contributed by atoms with Gasteiger partial charge in [-0.25, -0.2) is 24.1 Å². The summed E-state index contributed by atoms with van der Waals surface area (Å²) >= 11 is 0. The number of rotatable bonds is 10. The van der Waals surface area contributed by atoms with Crippen molar-refractivity contribution >= 4 is 32.6 Å². The summed E-state index contributed by atoms with van der Waals surface area (Å²) in [6, 6.07) is 0. The van der Waals surface area contributed by atoms with Gasteiger partial charge in [-0.15, -0.1) is 0 Å². The zero-order valence-corrected chi connectivity index (χ0v) is 21.5. The molecule has 22 heteroatoms. The molecule has 20 nitrogen and oxygen atoms in total. The van der Waals surface area contributed by atoms with Crippen LogP contribution in [0, 0.1) is 0 Å². The zero-order valence-electron chi connectivity index (χ0n) is 19.7. The summed E-state index contributed by atoms with van der Waals surface area (Å²) in [6.07, 6.45) is -12.7. The lowest BCUT2D eigenvalue weighted by Crippen LogP contribution is -2.54. The number of hydrogen-bond donors (Lipinski definition) is 9. The first-order valence-corrected chi connectivity index (χ1v) is 14.2. The molecule has 0 radical (unpaired) electrons. The third-order valence-corrected chi connectivity index (χ3v) is 8.53. The van der Waals surface area contributed by atoms with Gasteiger partial charge in [0.25, 0.3) is 0 Å². The van der Waals surface area contributed by atoms with Crippen LogP contribution in [0.2, 0.25) is 0 Å². The molecular formula is C17H27N5O15P2. The molecule has 2 aliphatic rings. The van der Waals surface area contributed by atoms with Crippen LogP contribution in [-0.2, 0) is 32.0 Å². The molecule has 4 heterocycles. The topological polar surface area (TPSA) is 312 Å². The normalized spacial score (nSPS) is 35.5. The Hall–Kier alpha value is -1.71. The molecule has 0 amide bonds. The summed E-state index contributed by atoms with van der Waals surface area (Å²) in [5, 5.41) is 59.3. The van der Waals surface area contributed by atoms with Gasteiger partial charge >= 0.3 is 15.6 Å². The van der Waals surface area contributed by atoms with E-state index in [1.165, 1.54) is 10.9 Å². The van der Waals surface area contributed by atoms with E-state index < -0.39 is 90.5 Å². The molecule has 2 aromatic heterocycles. The SMILES string of the molecule is Nc1ncnc2c1ncn2[C@@H]1O[C@H](COP(=O)(O)OP(=O)(O)OC2C[C@@H](O)[C@H](O)[C@@H]([C@@H](O)CO)O2)[C@@H](O)[C@H]1O. The average molecular weight is 603 g/mol. The van der Waals surface area contributed by atoms with E-state index in [0.29, 0.717) is 0 Å². The number of nitrogens with two attached hydrogens (primary N) is 1. The maximum absolute atomic E-state index is 12.3. The Kier molecular flexibility index (Phi) is 9.04. The smallest absolute Gasteiger partial charge is 0.394 e. The Morgan fingerprint density at radius 3 is 2.49 bits per heavy atom. The van der Waals surface area contributed by atoms with Gasteiger partial charge in [-0.05, 0) is 0 Å². The first kappa shape index (κ1) is 30.3. The molecule has 2 fully saturated rings. The maximum Gasteiger partial charge on any atom is 0.483 e. The molecule has 0 spiro atoms. The third kappa shape index (κ3) is 6.62. The molecule has 0 saturated carbocycles. The van der Waals surface area contributed by atoms with Crippen LogP contribution in [0.3, 0.4) is 0 Å². The van der Waals surface area contributed by atoms with E-state index in [4.69, 9.17) is 20.3 Å². The van der Waals surface area contributed by atoms with Crippen LogP contribution in [0.25, 0.3) is 11.2 Å². The minimum absolute atomic E-state index is 0.0464. The van der Waals surface area contributed by atoms with Gasteiger partial charge in [-0.1, -0.05) is 0 Å². The number of phosphoric acid groups is 2. The van der Waals surface area contributed by atoms with Gasteiger partial charge in [0.1, 0.15) is 48.5 Å². The number of nitrogens with zero attached hydrogens (tertiary/aromatic N) is 4. The van der Waals surface area contributed by atoms with Crippen molar-refractivity contribution < 1.29 is 72.4 Å². The van der Waals surface area contributed by atoms with Crippen molar-refractivity contribution in [1.29, 1.82) is 0 Å². The standard InChI is InChI=1S/C17H27N5O15P2/c18-15-10-16(20-4-19-15)22(5-21-10)17-13(28)12(27)8(34-17)3-33-38(29,30)37-39(31,32)36-9-1-6(24)11(26)14(35-9)7(25)2-23/h4-9,11-14,17,23-28H,1-3H2,(H,29,30)(H,31,32)(H2,18,19,20)/t6-,7+,8-,9?,11+,12-,13-,14-,17-/m1/s1. The minimum atomic E-state index is -5.46. The summed E-state index contributed by atoms with van der Waals surface area (Å²) in [5.74, 6) is 0.0464. The molecule has 0 aliphatic carbocycles. The predicted octanol–water partition coefficient (Wildman–Crippen LogP) is -3.53. The quantitative estimate of drug-likeness (QED) is 0.119.